The molecule has 2 rings (SSSR count). The van der Waals surface area contributed by atoms with Gasteiger partial charge in [-0.15, -0.1) is 11.3 Å². The third-order valence-corrected chi connectivity index (χ3v) is 3.56. The number of hydrogen-bond donors (Lipinski definition) is 2. The van der Waals surface area contributed by atoms with E-state index >= 15 is 0 Å². The Morgan fingerprint density at radius 2 is 2.22 bits per heavy atom. The van der Waals surface area contributed by atoms with Crippen LogP contribution >= 0.6 is 11.3 Å². The maximum Gasteiger partial charge on any atom is 0.325 e. The molecule has 0 saturated carbocycles. The monoisotopic (exact) mass is 261 g/mol. The molecule has 1 aromatic heterocycles. The van der Waals surface area contributed by atoms with Crippen LogP contribution in [-0.2, 0) is 11.3 Å². The zero-order chi connectivity index (χ0) is 13.0. The van der Waals surface area contributed by atoms with Crippen molar-refractivity contribution in [2.24, 2.45) is 0 Å². The molecule has 1 atom stereocenters. The van der Waals surface area contributed by atoms with Crippen molar-refractivity contribution >= 4 is 17.3 Å². The Labute approximate surface area is 110 Å². The van der Waals surface area contributed by atoms with Crippen molar-refractivity contribution in [1.29, 1.82) is 0 Å². The van der Waals surface area contributed by atoms with Gasteiger partial charge in [0.05, 0.1) is 0 Å². The molecular weight excluding hydrogens is 246 g/mol. The average Bonchev–Trinajstić information content (AvgIpc) is 2.82. The van der Waals surface area contributed by atoms with Gasteiger partial charge in [-0.3, -0.25) is 10.1 Å². The van der Waals surface area contributed by atoms with Gasteiger partial charge in [0.15, 0.2) is 0 Å². The first-order valence-corrected chi connectivity index (χ1v) is 6.60. The summed E-state index contributed by atoms with van der Waals surface area (Å²) in [6.07, 6.45) is 0. The molecule has 3 nitrogen and oxygen atoms in total. The number of benzene rings is 1. The minimum Gasteiger partial charge on any atom is -0.480 e. The second kappa shape index (κ2) is 5.80. The standard InChI is InChI=1S/C14H15NO2S/c1-10-4-2-5-11(8-10)13(14(16)17)15-9-12-6-3-7-18-12/h2-8,13,15H,9H2,1H3,(H,16,17). The van der Waals surface area contributed by atoms with Gasteiger partial charge in [0.2, 0.25) is 0 Å². The molecule has 1 aromatic carbocycles. The molecule has 0 fully saturated rings. The molecule has 94 valence electrons. The third kappa shape index (κ3) is 3.18. The maximum atomic E-state index is 11.3. The molecule has 2 N–H and O–H groups in total. The van der Waals surface area contributed by atoms with Crippen LogP contribution in [0.15, 0.2) is 41.8 Å². The highest BCUT2D eigenvalue weighted by molar-refractivity contribution is 7.09. The van der Waals surface area contributed by atoms with Gasteiger partial charge in [-0.05, 0) is 23.9 Å². The van der Waals surface area contributed by atoms with Crippen LogP contribution in [0.1, 0.15) is 22.0 Å². The summed E-state index contributed by atoms with van der Waals surface area (Å²) in [5, 5.41) is 14.3. The molecule has 0 aliphatic carbocycles. The number of rotatable bonds is 5. The second-order valence-corrected chi connectivity index (χ2v) is 5.18. The van der Waals surface area contributed by atoms with Crippen LogP contribution in [0.3, 0.4) is 0 Å². The lowest BCUT2D eigenvalue weighted by Gasteiger charge is -2.14. The molecule has 0 amide bonds. The molecule has 0 radical (unpaired) electrons. The normalized spacial score (nSPS) is 12.3. The number of carboxylic acid groups (broad SMARTS) is 1. The van der Waals surface area contributed by atoms with E-state index in [0.29, 0.717) is 6.54 Å². The fourth-order valence-electron chi connectivity index (χ4n) is 1.81. The van der Waals surface area contributed by atoms with Crippen LogP contribution in [0.4, 0.5) is 0 Å². The zero-order valence-electron chi connectivity index (χ0n) is 10.1. The molecule has 0 saturated heterocycles. The summed E-state index contributed by atoms with van der Waals surface area (Å²) >= 11 is 1.62. The molecule has 2 aromatic rings. The third-order valence-electron chi connectivity index (χ3n) is 2.68. The van der Waals surface area contributed by atoms with Gasteiger partial charge in [-0.2, -0.15) is 0 Å². The SMILES string of the molecule is Cc1cccc(C(NCc2cccs2)C(=O)O)c1. The lowest BCUT2D eigenvalue weighted by atomic mass is 10.0. The topological polar surface area (TPSA) is 49.3 Å². The van der Waals surface area contributed by atoms with Gasteiger partial charge in [0.1, 0.15) is 6.04 Å². The summed E-state index contributed by atoms with van der Waals surface area (Å²) in [7, 11) is 0. The molecule has 0 aliphatic heterocycles. The molecule has 4 heteroatoms. The Hall–Kier alpha value is -1.65. The van der Waals surface area contributed by atoms with Crippen LogP contribution in [0.5, 0.6) is 0 Å². The first kappa shape index (κ1) is 12.8. The number of carboxylic acids is 1. The van der Waals surface area contributed by atoms with Crippen LogP contribution in [0, 0.1) is 6.92 Å². The van der Waals surface area contributed by atoms with Crippen molar-refractivity contribution in [1.82, 2.24) is 5.32 Å². The van der Waals surface area contributed by atoms with E-state index in [1.54, 1.807) is 11.3 Å². The predicted molar refractivity (Wildman–Crippen MR) is 72.7 cm³/mol. The number of aliphatic carboxylic acids is 1. The van der Waals surface area contributed by atoms with Crippen molar-refractivity contribution in [3.8, 4) is 0 Å². The largest absolute Gasteiger partial charge is 0.480 e. The Balaban J connectivity index is 2.11. The van der Waals surface area contributed by atoms with Crippen LogP contribution in [0.2, 0.25) is 0 Å². The molecule has 1 heterocycles. The van der Waals surface area contributed by atoms with E-state index in [0.717, 1.165) is 16.0 Å². The fraction of sp³-hybridized carbons (Fsp3) is 0.214. The van der Waals surface area contributed by atoms with Crippen LogP contribution in [-0.4, -0.2) is 11.1 Å². The fourth-order valence-corrected chi connectivity index (χ4v) is 2.47. The van der Waals surface area contributed by atoms with Gasteiger partial charge in [0, 0.05) is 11.4 Å². The second-order valence-electron chi connectivity index (χ2n) is 4.15. The average molecular weight is 261 g/mol. The highest BCUT2D eigenvalue weighted by Gasteiger charge is 2.19. The van der Waals surface area contributed by atoms with Gasteiger partial charge < -0.3 is 5.11 Å². The van der Waals surface area contributed by atoms with E-state index in [1.807, 2.05) is 48.7 Å². The smallest absolute Gasteiger partial charge is 0.325 e. The highest BCUT2D eigenvalue weighted by Crippen LogP contribution is 2.17. The maximum absolute atomic E-state index is 11.3. The van der Waals surface area contributed by atoms with E-state index in [4.69, 9.17) is 0 Å². The van der Waals surface area contributed by atoms with E-state index in [9.17, 15) is 9.90 Å². The summed E-state index contributed by atoms with van der Waals surface area (Å²) in [6, 6.07) is 10.9. The quantitative estimate of drug-likeness (QED) is 0.870. The van der Waals surface area contributed by atoms with E-state index < -0.39 is 12.0 Å². The van der Waals surface area contributed by atoms with E-state index in [1.165, 1.54) is 0 Å². The van der Waals surface area contributed by atoms with Crippen LogP contribution < -0.4 is 5.32 Å². The number of nitrogens with one attached hydrogen (secondary N) is 1. The number of aryl methyl sites for hydroxylation is 1. The van der Waals surface area contributed by atoms with Gasteiger partial charge in [-0.25, -0.2) is 0 Å². The lowest BCUT2D eigenvalue weighted by Crippen LogP contribution is -2.27. The predicted octanol–water partition coefficient (Wildman–Crippen LogP) is 2.97. The minimum atomic E-state index is -0.850. The Morgan fingerprint density at radius 1 is 1.39 bits per heavy atom. The van der Waals surface area contributed by atoms with E-state index in [2.05, 4.69) is 5.32 Å². The summed E-state index contributed by atoms with van der Waals surface area (Å²) in [6.45, 7) is 2.53. The summed E-state index contributed by atoms with van der Waals surface area (Å²) in [4.78, 5) is 12.4. The van der Waals surface area contributed by atoms with Crippen molar-refractivity contribution in [2.75, 3.05) is 0 Å². The number of thiophene rings is 1. The Bertz CT molecular complexity index is 522. The summed E-state index contributed by atoms with van der Waals surface area (Å²) in [5.41, 5.74) is 1.86. The summed E-state index contributed by atoms with van der Waals surface area (Å²) in [5.74, 6) is -0.850. The van der Waals surface area contributed by atoms with E-state index in [-0.39, 0.29) is 0 Å². The lowest BCUT2D eigenvalue weighted by molar-refractivity contribution is -0.139. The minimum absolute atomic E-state index is 0.572. The van der Waals surface area contributed by atoms with Crippen molar-refractivity contribution in [2.45, 2.75) is 19.5 Å². The van der Waals surface area contributed by atoms with Gasteiger partial charge in [-0.1, -0.05) is 35.9 Å². The first-order chi connectivity index (χ1) is 8.66. The summed E-state index contributed by atoms with van der Waals surface area (Å²) < 4.78 is 0. The molecule has 0 aliphatic rings. The van der Waals surface area contributed by atoms with Crippen molar-refractivity contribution in [3.63, 3.8) is 0 Å². The molecule has 0 bridgehead atoms. The zero-order valence-corrected chi connectivity index (χ0v) is 10.9. The Morgan fingerprint density at radius 3 is 2.83 bits per heavy atom. The van der Waals surface area contributed by atoms with Crippen molar-refractivity contribution in [3.05, 3.63) is 57.8 Å². The van der Waals surface area contributed by atoms with Gasteiger partial charge in [0.25, 0.3) is 0 Å². The first-order valence-electron chi connectivity index (χ1n) is 5.72. The highest BCUT2D eigenvalue weighted by atomic mass is 32.1. The number of hydrogen-bond acceptors (Lipinski definition) is 3. The molecule has 0 spiro atoms. The molecule has 18 heavy (non-hydrogen) atoms. The van der Waals surface area contributed by atoms with Crippen LogP contribution in [0.25, 0.3) is 0 Å². The van der Waals surface area contributed by atoms with Gasteiger partial charge >= 0.3 is 5.97 Å². The molecule has 1 unspecified atom stereocenters. The van der Waals surface area contributed by atoms with Crippen molar-refractivity contribution < 1.29 is 9.90 Å². The Kier molecular flexibility index (Phi) is 4.12. The molecular formula is C14H15NO2S. The number of carbonyl (C=O) groups is 1.